The number of amides is 1. The lowest BCUT2D eigenvalue weighted by atomic mass is 9.95. The van der Waals surface area contributed by atoms with Gasteiger partial charge in [-0.05, 0) is 72.9 Å². The molecule has 3 aromatic rings. The van der Waals surface area contributed by atoms with E-state index < -0.39 is 17.7 Å². The zero-order valence-corrected chi connectivity index (χ0v) is 22.8. The smallest absolute Gasteiger partial charge is 0.296 e. The molecule has 206 valence electrons. The van der Waals surface area contributed by atoms with Gasteiger partial charge in [0.05, 0.1) is 44.7 Å². The number of methoxy groups -OCH3 is 1. The first-order valence-electron chi connectivity index (χ1n) is 13.2. The number of nitrogens with zero attached hydrogens (tertiary/aromatic N) is 1. The van der Waals surface area contributed by atoms with Crippen LogP contribution in [-0.4, -0.2) is 42.0 Å². The first-order chi connectivity index (χ1) is 18.8. The number of ether oxygens (including phenoxy) is 3. The molecule has 1 unspecified atom stereocenters. The van der Waals surface area contributed by atoms with Crippen molar-refractivity contribution in [3.8, 4) is 17.2 Å². The predicted molar refractivity (Wildman–Crippen MR) is 147 cm³/mol. The molecule has 2 heterocycles. The van der Waals surface area contributed by atoms with Crippen LogP contribution >= 0.6 is 0 Å². The fourth-order valence-corrected chi connectivity index (χ4v) is 4.42. The van der Waals surface area contributed by atoms with Crippen molar-refractivity contribution in [2.75, 3.05) is 20.3 Å². The number of rotatable bonds is 12. The van der Waals surface area contributed by atoms with Crippen LogP contribution in [0.5, 0.6) is 17.2 Å². The normalized spacial score (nSPS) is 16.6. The number of benzene rings is 2. The summed E-state index contributed by atoms with van der Waals surface area (Å²) in [6.07, 6.45) is 3.26. The fourth-order valence-electron chi connectivity index (χ4n) is 4.42. The summed E-state index contributed by atoms with van der Waals surface area (Å²) < 4.78 is 22.6. The molecule has 0 bridgehead atoms. The molecule has 8 nitrogen and oxygen atoms in total. The van der Waals surface area contributed by atoms with Crippen LogP contribution in [0, 0.1) is 5.92 Å². The molecule has 0 saturated carbocycles. The highest BCUT2D eigenvalue weighted by atomic mass is 16.5. The topological polar surface area (TPSA) is 98.4 Å². The highest BCUT2D eigenvalue weighted by Crippen LogP contribution is 2.43. The fraction of sp³-hybridized carbons (Fsp3) is 0.355. The Labute approximate surface area is 228 Å². The Hall–Kier alpha value is -4.20. The second-order valence-corrected chi connectivity index (χ2v) is 9.82. The quantitative estimate of drug-likeness (QED) is 0.170. The number of hydrogen-bond acceptors (Lipinski definition) is 7. The molecule has 1 atom stereocenters. The monoisotopic (exact) mass is 533 g/mol. The maximum absolute atomic E-state index is 13.4. The lowest BCUT2D eigenvalue weighted by molar-refractivity contribution is -0.140. The van der Waals surface area contributed by atoms with Crippen molar-refractivity contribution in [3.63, 3.8) is 0 Å². The van der Waals surface area contributed by atoms with E-state index in [-0.39, 0.29) is 17.9 Å². The van der Waals surface area contributed by atoms with Gasteiger partial charge in [-0.2, -0.15) is 0 Å². The summed E-state index contributed by atoms with van der Waals surface area (Å²) in [5.41, 5.74) is 0.989. The third-order valence-electron chi connectivity index (χ3n) is 6.50. The maximum Gasteiger partial charge on any atom is 0.296 e. The van der Waals surface area contributed by atoms with Crippen LogP contribution in [0.1, 0.15) is 56.5 Å². The van der Waals surface area contributed by atoms with Gasteiger partial charge in [0, 0.05) is 5.56 Å². The molecule has 0 radical (unpaired) electrons. The Morgan fingerprint density at radius 1 is 1.03 bits per heavy atom. The summed E-state index contributed by atoms with van der Waals surface area (Å²) in [4.78, 5) is 28.0. The Bertz CT molecular complexity index is 1310. The largest absolute Gasteiger partial charge is 0.507 e. The van der Waals surface area contributed by atoms with E-state index in [1.807, 2.05) is 6.92 Å². The molecule has 1 aromatic heterocycles. The van der Waals surface area contributed by atoms with Crippen LogP contribution in [0.2, 0.25) is 0 Å². The van der Waals surface area contributed by atoms with Crippen molar-refractivity contribution < 1.29 is 33.3 Å². The van der Waals surface area contributed by atoms with Gasteiger partial charge in [0.2, 0.25) is 0 Å². The van der Waals surface area contributed by atoms with Crippen molar-refractivity contribution in [1.29, 1.82) is 0 Å². The van der Waals surface area contributed by atoms with Crippen molar-refractivity contribution in [1.82, 2.24) is 4.90 Å². The molecular formula is C31H35NO7. The number of ketones is 1. The minimum Gasteiger partial charge on any atom is -0.507 e. The zero-order chi connectivity index (χ0) is 27.9. The molecule has 4 rings (SSSR count). The van der Waals surface area contributed by atoms with Crippen LogP contribution in [0.4, 0.5) is 0 Å². The van der Waals surface area contributed by atoms with Gasteiger partial charge in [-0.15, -0.1) is 0 Å². The molecule has 1 N–H and O–H groups in total. The third-order valence-corrected chi connectivity index (χ3v) is 6.50. The van der Waals surface area contributed by atoms with Gasteiger partial charge in [0.1, 0.15) is 17.3 Å². The van der Waals surface area contributed by atoms with Crippen LogP contribution in [0.3, 0.4) is 0 Å². The predicted octanol–water partition coefficient (Wildman–Crippen LogP) is 6.12. The SMILES string of the molecule is CCCOc1ccc(/C(O)=C2/C(=O)C(=O)N(Cc3ccco3)C2c2ccc(OCCC(C)C)c(OC)c2)cc1. The standard InChI is InChI=1S/C31H35NO7/c1-5-15-37-23-11-8-21(9-12-23)29(33)27-28(32(31(35)30(27)34)19-24-7-6-16-38-24)22-10-13-25(26(18-22)36-4)39-17-14-20(2)3/h6-13,16,18,20,28,33H,5,14-15,17,19H2,1-4H3/b29-27-. The van der Waals surface area contributed by atoms with Crippen LogP contribution in [0.15, 0.2) is 70.9 Å². The second-order valence-electron chi connectivity index (χ2n) is 9.82. The van der Waals surface area contributed by atoms with E-state index in [2.05, 4.69) is 13.8 Å². The van der Waals surface area contributed by atoms with Crippen LogP contribution in [-0.2, 0) is 16.1 Å². The molecule has 2 aromatic carbocycles. The Kier molecular flexibility index (Phi) is 8.96. The average molecular weight is 534 g/mol. The average Bonchev–Trinajstić information content (AvgIpc) is 3.54. The number of likely N-dealkylation sites (tertiary alicyclic amines) is 1. The van der Waals surface area contributed by atoms with Gasteiger partial charge < -0.3 is 28.6 Å². The van der Waals surface area contributed by atoms with E-state index in [1.165, 1.54) is 18.3 Å². The Morgan fingerprint density at radius 3 is 2.44 bits per heavy atom. The van der Waals surface area contributed by atoms with Gasteiger partial charge in [-0.3, -0.25) is 9.59 Å². The summed E-state index contributed by atoms with van der Waals surface area (Å²) in [6, 6.07) is 14.7. The van der Waals surface area contributed by atoms with E-state index in [0.717, 1.165) is 12.8 Å². The highest BCUT2D eigenvalue weighted by molar-refractivity contribution is 6.46. The first kappa shape index (κ1) is 27.8. The van der Waals surface area contributed by atoms with Gasteiger partial charge in [0.15, 0.2) is 11.5 Å². The van der Waals surface area contributed by atoms with Crippen molar-refractivity contribution in [2.45, 2.75) is 46.2 Å². The van der Waals surface area contributed by atoms with Crippen molar-refractivity contribution in [2.24, 2.45) is 5.92 Å². The highest BCUT2D eigenvalue weighted by Gasteiger charge is 2.46. The van der Waals surface area contributed by atoms with Gasteiger partial charge in [-0.25, -0.2) is 0 Å². The number of Topliss-reactive ketones (excluding diaryl/α,β-unsaturated/α-hetero) is 1. The number of hydrogen-bond donors (Lipinski definition) is 1. The van der Waals surface area contributed by atoms with Crippen molar-refractivity contribution >= 4 is 17.4 Å². The van der Waals surface area contributed by atoms with E-state index in [1.54, 1.807) is 54.6 Å². The Morgan fingerprint density at radius 2 is 1.79 bits per heavy atom. The molecule has 8 heteroatoms. The molecule has 0 aliphatic carbocycles. The summed E-state index contributed by atoms with van der Waals surface area (Å²) in [5, 5.41) is 11.4. The molecule has 1 aliphatic rings. The van der Waals surface area contributed by atoms with Crippen molar-refractivity contribution in [3.05, 3.63) is 83.3 Å². The van der Waals surface area contributed by atoms with Gasteiger partial charge >= 0.3 is 0 Å². The van der Waals surface area contributed by atoms with Crippen LogP contribution < -0.4 is 14.2 Å². The summed E-state index contributed by atoms with van der Waals surface area (Å²) in [5.74, 6) is 0.928. The molecule has 39 heavy (non-hydrogen) atoms. The minimum absolute atomic E-state index is 0.00990. The molecule has 1 saturated heterocycles. The molecule has 1 fully saturated rings. The van der Waals surface area contributed by atoms with Gasteiger partial charge in [0.25, 0.3) is 11.7 Å². The first-order valence-corrected chi connectivity index (χ1v) is 13.2. The summed E-state index contributed by atoms with van der Waals surface area (Å²) in [7, 11) is 1.54. The number of furan rings is 1. The van der Waals surface area contributed by atoms with Crippen LogP contribution in [0.25, 0.3) is 5.76 Å². The Balaban J connectivity index is 1.76. The summed E-state index contributed by atoms with van der Waals surface area (Å²) in [6.45, 7) is 7.42. The second kappa shape index (κ2) is 12.6. The third kappa shape index (κ3) is 6.28. The lowest BCUT2D eigenvalue weighted by Gasteiger charge is -2.25. The zero-order valence-electron chi connectivity index (χ0n) is 22.8. The number of carbonyl (C=O) groups is 2. The molecular weight excluding hydrogens is 498 g/mol. The molecule has 1 aliphatic heterocycles. The van der Waals surface area contributed by atoms with E-state index in [9.17, 15) is 14.7 Å². The number of carbonyl (C=O) groups excluding carboxylic acids is 2. The minimum atomic E-state index is -0.871. The molecule has 1 amide bonds. The van der Waals surface area contributed by atoms with Gasteiger partial charge in [-0.1, -0.05) is 26.8 Å². The summed E-state index contributed by atoms with van der Waals surface area (Å²) >= 11 is 0. The number of aliphatic hydroxyl groups excluding tert-OH is 1. The van der Waals surface area contributed by atoms with E-state index in [0.29, 0.717) is 53.3 Å². The molecule has 0 spiro atoms. The van der Waals surface area contributed by atoms with E-state index in [4.69, 9.17) is 18.6 Å². The maximum atomic E-state index is 13.4. The number of aliphatic hydroxyl groups is 1. The lowest BCUT2D eigenvalue weighted by Crippen LogP contribution is -2.29. The van der Waals surface area contributed by atoms with E-state index >= 15 is 0 Å².